The Hall–Kier alpha value is -4.96. The molecule has 5 aromatic rings. The van der Waals surface area contributed by atoms with Crippen molar-refractivity contribution < 1.29 is 4.74 Å². The normalized spacial score (nSPS) is 10.6. The molecule has 0 spiro atoms. The Morgan fingerprint density at radius 1 is 0.972 bits per heavy atom. The smallest absolute Gasteiger partial charge is 0.230 e. The monoisotopic (exact) mass is 472 g/mol. The maximum absolute atomic E-state index is 6.17. The van der Waals surface area contributed by atoms with E-state index in [-0.39, 0.29) is 0 Å². The van der Waals surface area contributed by atoms with Crippen LogP contribution in [0.1, 0.15) is 22.3 Å². The number of ether oxygens (including phenoxy) is 1. The molecule has 2 heterocycles. The van der Waals surface area contributed by atoms with E-state index in [4.69, 9.17) is 11.2 Å². The van der Waals surface area contributed by atoms with Gasteiger partial charge in [0.05, 0.1) is 12.7 Å². The van der Waals surface area contributed by atoms with E-state index in [2.05, 4.69) is 43.6 Å². The van der Waals surface area contributed by atoms with Gasteiger partial charge in [-0.1, -0.05) is 41.5 Å². The second-order valence-corrected chi connectivity index (χ2v) is 8.39. The molecule has 0 aliphatic carbocycles. The number of aromatic nitrogens is 5. The first kappa shape index (κ1) is 22.8. The highest BCUT2D eigenvalue weighted by Crippen LogP contribution is 2.32. The van der Waals surface area contributed by atoms with Gasteiger partial charge in [-0.25, -0.2) is 9.67 Å². The Kier molecular flexibility index (Phi) is 6.41. The summed E-state index contributed by atoms with van der Waals surface area (Å²) in [6.45, 7) is 4.69. The molecule has 2 aromatic heterocycles. The van der Waals surface area contributed by atoms with Gasteiger partial charge in [-0.2, -0.15) is 4.98 Å². The highest BCUT2D eigenvalue weighted by Gasteiger charge is 2.13. The predicted molar refractivity (Wildman–Crippen MR) is 140 cm³/mol. The van der Waals surface area contributed by atoms with Crippen molar-refractivity contribution in [1.29, 1.82) is 0 Å². The molecule has 7 nitrogen and oxygen atoms in total. The molecule has 0 unspecified atom stereocenters. The van der Waals surface area contributed by atoms with Crippen LogP contribution in [0, 0.1) is 26.2 Å². The van der Waals surface area contributed by atoms with Crippen molar-refractivity contribution in [3.8, 4) is 35.2 Å². The Bertz CT molecular complexity index is 1510. The first-order valence-corrected chi connectivity index (χ1v) is 11.5. The Morgan fingerprint density at radius 3 is 2.44 bits per heavy atom. The molecular formula is C29H24N6O. The highest BCUT2D eigenvalue weighted by molar-refractivity contribution is 5.63. The molecule has 0 amide bonds. The minimum absolute atomic E-state index is 0.433. The van der Waals surface area contributed by atoms with Crippen LogP contribution in [0.25, 0.3) is 11.3 Å². The van der Waals surface area contributed by atoms with Crippen molar-refractivity contribution in [2.75, 3.05) is 5.32 Å². The molecule has 3 aromatic carbocycles. The summed E-state index contributed by atoms with van der Waals surface area (Å²) in [5.74, 6) is 4.23. The summed E-state index contributed by atoms with van der Waals surface area (Å²) in [5, 5.41) is 11.8. The standard InChI is InChI=1S/C29H24N6O/c1-4-22-10-12-25(13-11-22)31-29-30-15-14-27(32-29)36-28-20(2)16-24(17-21(28)3)26-19-35(34-33-26)18-23-8-6-5-7-9-23/h1,5-17,19H,18H2,2-3H3,(H,30,31,32). The lowest BCUT2D eigenvalue weighted by Gasteiger charge is -2.13. The fourth-order valence-electron chi connectivity index (χ4n) is 3.88. The van der Waals surface area contributed by atoms with Crippen LogP contribution in [-0.4, -0.2) is 25.0 Å². The van der Waals surface area contributed by atoms with E-state index in [1.54, 1.807) is 12.3 Å². The number of hydrogen-bond acceptors (Lipinski definition) is 6. The van der Waals surface area contributed by atoms with E-state index in [0.29, 0.717) is 18.4 Å². The number of nitrogens with one attached hydrogen (secondary N) is 1. The van der Waals surface area contributed by atoms with Crippen molar-refractivity contribution in [3.05, 3.63) is 107 Å². The van der Waals surface area contributed by atoms with Gasteiger partial charge in [-0.3, -0.25) is 0 Å². The first-order valence-electron chi connectivity index (χ1n) is 11.5. The van der Waals surface area contributed by atoms with Gasteiger partial charge in [0.1, 0.15) is 11.4 Å². The molecule has 5 rings (SSSR count). The fourth-order valence-corrected chi connectivity index (χ4v) is 3.88. The van der Waals surface area contributed by atoms with Crippen molar-refractivity contribution >= 4 is 11.6 Å². The van der Waals surface area contributed by atoms with E-state index in [0.717, 1.165) is 39.4 Å². The lowest BCUT2D eigenvalue weighted by Crippen LogP contribution is -2.00. The van der Waals surface area contributed by atoms with Crippen molar-refractivity contribution in [3.63, 3.8) is 0 Å². The van der Waals surface area contributed by atoms with Crippen molar-refractivity contribution in [1.82, 2.24) is 25.0 Å². The molecule has 0 saturated heterocycles. The van der Waals surface area contributed by atoms with Gasteiger partial charge >= 0.3 is 0 Å². The number of hydrogen-bond donors (Lipinski definition) is 1. The van der Waals surface area contributed by atoms with Crippen LogP contribution in [0.15, 0.2) is 85.2 Å². The Labute approximate surface area is 209 Å². The van der Waals surface area contributed by atoms with Crippen LogP contribution < -0.4 is 10.1 Å². The fraction of sp³-hybridized carbons (Fsp3) is 0.103. The SMILES string of the molecule is C#Cc1ccc(Nc2nccc(Oc3c(C)cc(-c4cn(Cc5ccccc5)nn4)cc3C)n2)cc1. The van der Waals surface area contributed by atoms with Crippen LogP contribution >= 0.6 is 0 Å². The third kappa shape index (κ3) is 5.24. The molecule has 0 atom stereocenters. The summed E-state index contributed by atoms with van der Waals surface area (Å²) in [6.07, 6.45) is 9.04. The Morgan fingerprint density at radius 2 is 1.72 bits per heavy atom. The maximum atomic E-state index is 6.17. The van der Waals surface area contributed by atoms with E-state index in [1.807, 2.05) is 79.3 Å². The molecule has 0 aliphatic heterocycles. The van der Waals surface area contributed by atoms with Crippen molar-refractivity contribution in [2.24, 2.45) is 0 Å². The second-order valence-electron chi connectivity index (χ2n) is 8.39. The topological polar surface area (TPSA) is 77.8 Å². The van der Waals surface area contributed by atoms with E-state index in [9.17, 15) is 0 Å². The van der Waals surface area contributed by atoms with Crippen LogP contribution in [-0.2, 0) is 6.54 Å². The number of benzene rings is 3. The molecule has 0 fully saturated rings. The zero-order chi connectivity index (χ0) is 24.9. The number of anilines is 2. The average molecular weight is 473 g/mol. The van der Waals surface area contributed by atoms with Crippen LogP contribution in [0.4, 0.5) is 11.6 Å². The third-order valence-electron chi connectivity index (χ3n) is 5.63. The minimum atomic E-state index is 0.433. The number of nitrogens with zero attached hydrogens (tertiary/aromatic N) is 5. The summed E-state index contributed by atoms with van der Waals surface area (Å²) in [5.41, 5.74) is 6.56. The van der Waals surface area contributed by atoms with Gasteiger partial charge in [-0.05, 0) is 66.9 Å². The van der Waals surface area contributed by atoms with Crippen LogP contribution in [0.5, 0.6) is 11.6 Å². The maximum Gasteiger partial charge on any atom is 0.230 e. The lowest BCUT2D eigenvalue weighted by molar-refractivity contribution is 0.455. The molecule has 0 saturated carbocycles. The molecule has 1 N–H and O–H groups in total. The molecular weight excluding hydrogens is 448 g/mol. The number of aryl methyl sites for hydroxylation is 2. The van der Waals surface area contributed by atoms with Gasteiger partial charge in [-0.15, -0.1) is 11.5 Å². The molecule has 7 heteroatoms. The first-order chi connectivity index (χ1) is 17.6. The highest BCUT2D eigenvalue weighted by atomic mass is 16.5. The van der Waals surface area contributed by atoms with Gasteiger partial charge in [0.2, 0.25) is 11.8 Å². The Balaban J connectivity index is 1.32. The van der Waals surface area contributed by atoms with E-state index < -0.39 is 0 Å². The zero-order valence-corrected chi connectivity index (χ0v) is 20.0. The number of rotatable bonds is 7. The zero-order valence-electron chi connectivity index (χ0n) is 20.0. The van der Waals surface area contributed by atoms with Crippen LogP contribution in [0.2, 0.25) is 0 Å². The minimum Gasteiger partial charge on any atom is -0.438 e. The molecule has 0 bridgehead atoms. The average Bonchev–Trinajstić information content (AvgIpc) is 3.36. The van der Waals surface area contributed by atoms with Crippen LogP contribution in [0.3, 0.4) is 0 Å². The van der Waals surface area contributed by atoms with Gasteiger partial charge in [0.25, 0.3) is 0 Å². The quantitative estimate of drug-likeness (QED) is 0.296. The number of terminal acetylenes is 1. The molecule has 0 aliphatic rings. The summed E-state index contributed by atoms with van der Waals surface area (Å²) < 4.78 is 8.01. The van der Waals surface area contributed by atoms with Crippen molar-refractivity contribution in [2.45, 2.75) is 20.4 Å². The van der Waals surface area contributed by atoms with E-state index in [1.165, 1.54) is 5.56 Å². The third-order valence-corrected chi connectivity index (χ3v) is 5.63. The molecule has 176 valence electrons. The van der Waals surface area contributed by atoms with Gasteiger partial charge < -0.3 is 10.1 Å². The summed E-state index contributed by atoms with van der Waals surface area (Å²) in [4.78, 5) is 8.79. The second kappa shape index (κ2) is 10.1. The molecule has 36 heavy (non-hydrogen) atoms. The summed E-state index contributed by atoms with van der Waals surface area (Å²) in [7, 11) is 0. The van der Waals surface area contributed by atoms with Gasteiger partial charge in [0, 0.05) is 29.1 Å². The predicted octanol–water partition coefficient (Wildman–Crippen LogP) is 5.92. The van der Waals surface area contributed by atoms with E-state index >= 15 is 0 Å². The summed E-state index contributed by atoms with van der Waals surface area (Å²) in [6, 6.07) is 23.5. The largest absolute Gasteiger partial charge is 0.438 e. The lowest BCUT2D eigenvalue weighted by atomic mass is 10.0. The molecule has 0 radical (unpaired) electrons. The summed E-state index contributed by atoms with van der Waals surface area (Å²) >= 11 is 0. The van der Waals surface area contributed by atoms with Gasteiger partial charge in [0.15, 0.2) is 0 Å².